The number of halogens is 1. The maximum absolute atomic E-state index is 13.0. The van der Waals surface area contributed by atoms with Crippen LogP contribution in [0.15, 0.2) is 60.8 Å². The molecule has 3 aromatic rings. The lowest BCUT2D eigenvalue weighted by Crippen LogP contribution is -2.41. The van der Waals surface area contributed by atoms with Crippen LogP contribution in [0.4, 0.5) is 0 Å². The number of nitrogens with zero attached hydrogens (tertiary/aromatic N) is 2. The Bertz CT molecular complexity index is 1270. The van der Waals surface area contributed by atoms with E-state index in [-0.39, 0.29) is 23.3 Å². The van der Waals surface area contributed by atoms with Crippen LogP contribution in [0, 0.1) is 12.3 Å². The summed E-state index contributed by atoms with van der Waals surface area (Å²) >= 11 is 5.85. The molecule has 36 heavy (non-hydrogen) atoms. The Morgan fingerprint density at radius 1 is 1.06 bits per heavy atom. The quantitative estimate of drug-likeness (QED) is 0.493. The summed E-state index contributed by atoms with van der Waals surface area (Å²) in [5, 5.41) is 3.71. The second-order valence-corrected chi connectivity index (χ2v) is 9.95. The largest absolute Gasteiger partial charge is 0.496 e. The van der Waals surface area contributed by atoms with Crippen molar-refractivity contribution >= 4 is 23.4 Å². The molecule has 2 aliphatic rings. The number of hydrogen-bond donors (Lipinski definition) is 1. The number of hydrogen-bond acceptors (Lipinski definition) is 5. The fourth-order valence-corrected chi connectivity index (χ4v) is 4.97. The average Bonchev–Trinajstić information content (AvgIpc) is 3.56. The summed E-state index contributed by atoms with van der Waals surface area (Å²) in [7, 11) is 1.61. The number of aryl methyl sites for hydroxylation is 1. The minimum atomic E-state index is -0.0988. The molecule has 2 fully saturated rings. The van der Waals surface area contributed by atoms with Gasteiger partial charge in [-0.15, -0.1) is 0 Å². The van der Waals surface area contributed by atoms with Crippen LogP contribution in [-0.4, -0.2) is 47.9 Å². The van der Waals surface area contributed by atoms with Gasteiger partial charge in [-0.25, -0.2) is 4.98 Å². The lowest BCUT2D eigenvalue weighted by Gasteiger charge is -2.33. The van der Waals surface area contributed by atoms with Gasteiger partial charge in [-0.3, -0.25) is 9.59 Å². The second-order valence-electron chi connectivity index (χ2n) is 9.51. The summed E-state index contributed by atoms with van der Waals surface area (Å²) in [6.07, 6.45) is 4.23. The average molecular weight is 506 g/mol. The van der Waals surface area contributed by atoms with E-state index >= 15 is 0 Å². The van der Waals surface area contributed by atoms with Gasteiger partial charge in [-0.2, -0.15) is 0 Å². The molecule has 1 atom stereocenters. The first-order chi connectivity index (χ1) is 17.4. The molecule has 2 amide bonds. The molecule has 5 rings (SSSR count). The Hall–Kier alpha value is -3.58. The predicted molar refractivity (Wildman–Crippen MR) is 137 cm³/mol. The molecule has 7 nitrogen and oxygen atoms in total. The van der Waals surface area contributed by atoms with Gasteiger partial charge in [0.05, 0.1) is 12.1 Å². The van der Waals surface area contributed by atoms with Gasteiger partial charge in [-0.1, -0.05) is 17.7 Å². The molecule has 1 spiro atoms. The van der Waals surface area contributed by atoms with Crippen molar-refractivity contribution in [2.75, 3.05) is 20.2 Å². The zero-order valence-electron chi connectivity index (χ0n) is 20.3. The van der Waals surface area contributed by atoms with Crippen LogP contribution in [0.25, 0.3) is 0 Å². The topological polar surface area (TPSA) is 80.8 Å². The van der Waals surface area contributed by atoms with Crippen molar-refractivity contribution in [1.29, 1.82) is 0 Å². The summed E-state index contributed by atoms with van der Waals surface area (Å²) < 4.78 is 11.1. The molecule has 1 saturated heterocycles. The van der Waals surface area contributed by atoms with Gasteiger partial charge in [0.25, 0.3) is 11.8 Å². The van der Waals surface area contributed by atoms with Crippen molar-refractivity contribution < 1.29 is 19.1 Å². The third-order valence-corrected chi connectivity index (χ3v) is 7.46. The fourth-order valence-electron chi connectivity index (χ4n) is 4.85. The van der Waals surface area contributed by atoms with E-state index in [0.717, 1.165) is 30.6 Å². The molecule has 0 radical (unpaired) electrons. The normalized spacial score (nSPS) is 18.0. The number of methoxy groups -OCH3 is 1. The Morgan fingerprint density at radius 2 is 1.78 bits per heavy atom. The predicted octanol–water partition coefficient (Wildman–Crippen LogP) is 5.27. The minimum absolute atomic E-state index is 0.0282. The summed E-state index contributed by atoms with van der Waals surface area (Å²) in [4.78, 5) is 31.8. The molecule has 2 aromatic carbocycles. The Labute approximate surface area is 215 Å². The first-order valence-corrected chi connectivity index (χ1v) is 12.4. The highest BCUT2D eigenvalue weighted by Crippen LogP contribution is 2.54. The number of rotatable bonds is 6. The Morgan fingerprint density at radius 3 is 2.44 bits per heavy atom. The van der Waals surface area contributed by atoms with E-state index in [4.69, 9.17) is 21.1 Å². The molecule has 0 bridgehead atoms. The van der Waals surface area contributed by atoms with E-state index in [9.17, 15) is 9.59 Å². The van der Waals surface area contributed by atoms with E-state index in [1.807, 2.05) is 30.0 Å². The van der Waals surface area contributed by atoms with Gasteiger partial charge in [0.1, 0.15) is 11.5 Å². The van der Waals surface area contributed by atoms with Crippen molar-refractivity contribution in [1.82, 2.24) is 15.2 Å². The number of ether oxygens (including phenoxy) is 2. The first-order valence-electron chi connectivity index (χ1n) is 12.0. The molecule has 8 heteroatoms. The van der Waals surface area contributed by atoms with Gasteiger partial charge >= 0.3 is 0 Å². The number of nitrogens with one attached hydrogen (secondary N) is 1. The minimum Gasteiger partial charge on any atom is -0.496 e. The number of aromatic nitrogens is 1. The standard InChI is InChI=1S/C28H28ClN3O4/c1-18-3-4-20(15-23(18)35-2)27(34)32-13-11-28(12-14-32)16-24(28)31-26(33)19-5-8-22(9-6-19)36-25-10-7-21(29)17-30-25/h3-10,15,17,24H,11-14,16H2,1-2H3,(H,31,33). The molecule has 1 saturated carbocycles. The molecule has 1 aliphatic carbocycles. The molecule has 1 N–H and O–H groups in total. The zero-order chi connectivity index (χ0) is 25.3. The summed E-state index contributed by atoms with van der Waals surface area (Å²) in [6, 6.07) is 16.1. The van der Waals surface area contributed by atoms with Crippen LogP contribution >= 0.6 is 11.6 Å². The van der Waals surface area contributed by atoms with Gasteiger partial charge in [0.2, 0.25) is 5.88 Å². The summed E-state index contributed by atoms with van der Waals surface area (Å²) in [5.41, 5.74) is 2.31. The molecular weight excluding hydrogens is 478 g/mol. The van der Waals surface area contributed by atoms with E-state index in [0.29, 0.717) is 40.9 Å². The second kappa shape index (κ2) is 9.82. The summed E-state index contributed by atoms with van der Waals surface area (Å²) in [6.45, 7) is 3.33. The van der Waals surface area contributed by atoms with Crippen LogP contribution in [0.3, 0.4) is 0 Å². The van der Waals surface area contributed by atoms with Crippen molar-refractivity contribution in [2.45, 2.75) is 32.2 Å². The fraction of sp³-hybridized carbons (Fsp3) is 0.321. The van der Waals surface area contributed by atoms with E-state index in [1.54, 1.807) is 43.5 Å². The number of amides is 2. The van der Waals surface area contributed by atoms with Crippen LogP contribution in [0.2, 0.25) is 5.02 Å². The Balaban J connectivity index is 1.13. The van der Waals surface area contributed by atoms with Crippen LogP contribution in [0.1, 0.15) is 45.5 Å². The maximum atomic E-state index is 13.0. The molecule has 1 aliphatic heterocycles. The SMILES string of the molecule is COc1cc(C(=O)N2CCC3(CC2)CC3NC(=O)c2ccc(Oc3ccc(Cl)cn3)cc2)ccc1C. The number of likely N-dealkylation sites (tertiary alicyclic amines) is 1. The summed E-state index contributed by atoms with van der Waals surface area (Å²) in [5.74, 6) is 1.68. The lowest BCUT2D eigenvalue weighted by molar-refractivity contribution is 0.0667. The third kappa shape index (κ3) is 5.02. The molecular formula is C28H28ClN3O4. The van der Waals surface area contributed by atoms with Crippen LogP contribution in [-0.2, 0) is 0 Å². The van der Waals surface area contributed by atoms with Crippen LogP contribution < -0.4 is 14.8 Å². The molecule has 2 heterocycles. The highest BCUT2D eigenvalue weighted by molar-refractivity contribution is 6.30. The van der Waals surface area contributed by atoms with Gasteiger partial charge in [0.15, 0.2) is 0 Å². The molecule has 1 aromatic heterocycles. The number of benzene rings is 2. The number of pyridine rings is 1. The highest BCUT2D eigenvalue weighted by Gasteiger charge is 2.56. The van der Waals surface area contributed by atoms with Crippen molar-refractivity contribution in [2.24, 2.45) is 5.41 Å². The Kier molecular flexibility index (Phi) is 6.58. The first kappa shape index (κ1) is 24.1. The smallest absolute Gasteiger partial charge is 0.253 e. The number of piperidine rings is 1. The maximum Gasteiger partial charge on any atom is 0.253 e. The highest BCUT2D eigenvalue weighted by atomic mass is 35.5. The van der Waals surface area contributed by atoms with Gasteiger partial charge in [0, 0.05) is 42.5 Å². The van der Waals surface area contributed by atoms with E-state index in [1.165, 1.54) is 6.20 Å². The third-order valence-electron chi connectivity index (χ3n) is 7.24. The molecule has 186 valence electrons. The molecule has 1 unspecified atom stereocenters. The number of carbonyl (C=O) groups excluding carboxylic acids is 2. The van der Waals surface area contributed by atoms with Crippen LogP contribution in [0.5, 0.6) is 17.4 Å². The van der Waals surface area contributed by atoms with E-state index in [2.05, 4.69) is 10.3 Å². The van der Waals surface area contributed by atoms with Gasteiger partial charge < -0.3 is 19.7 Å². The van der Waals surface area contributed by atoms with Crippen molar-refractivity contribution in [3.05, 3.63) is 82.5 Å². The van der Waals surface area contributed by atoms with Crippen molar-refractivity contribution in [3.8, 4) is 17.4 Å². The zero-order valence-corrected chi connectivity index (χ0v) is 21.0. The lowest BCUT2D eigenvalue weighted by atomic mass is 9.92. The van der Waals surface area contributed by atoms with Crippen molar-refractivity contribution in [3.63, 3.8) is 0 Å². The monoisotopic (exact) mass is 505 g/mol. The van der Waals surface area contributed by atoms with E-state index < -0.39 is 0 Å². The number of carbonyl (C=O) groups is 2. The van der Waals surface area contributed by atoms with Gasteiger partial charge in [-0.05, 0) is 79.6 Å².